The number of nitrogens with one attached hydrogen (secondary N) is 1. The summed E-state index contributed by atoms with van der Waals surface area (Å²) in [5, 5.41) is 0. The molecule has 0 spiro atoms. The molecule has 1 N–H and O–H groups in total. The molecule has 0 amide bonds. The zero-order chi connectivity index (χ0) is 25.9. The number of esters is 1. The fraction of sp³-hybridized carbons (Fsp3) is 0.370. The van der Waals surface area contributed by atoms with Gasteiger partial charge in [-0.15, -0.1) is 0 Å². The second-order valence-corrected chi connectivity index (χ2v) is 10.7. The number of aryl methyl sites for hydroxylation is 2. The lowest BCUT2D eigenvalue weighted by atomic mass is 10.1. The Morgan fingerprint density at radius 2 is 1.69 bits per heavy atom. The van der Waals surface area contributed by atoms with E-state index in [1.54, 1.807) is 38.1 Å². The molecule has 1 aliphatic rings. The first-order valence-corrected chi connectivity index (χ1v) is 13.5. The van der Waals surface area contributed by atoms with Crippen LogP contribution in [0.5, 0.6) is 11.5 Å². The van der Waals surface area contributed by atoms with Crippen molar-refractivity contribution in [3.05, 3.63) is 76.1 Å². The van der Waals surface area contributed by atoms with E-state index in [9.17, 15) is 13.2 Å². The molecule has 8 nitrogen and oxygen atoms in total. The van der Waals surface area contributed by atoms with Gasteiger partial charge >= 0.3 is 5.97 Å². The Kier molecular flexibility index (Phi) is 7.70. The normalized spacial score (nSPS) is 12.8. The molecule has 0 atom stereocenters. The molecule has 0 radical (unpaired) electrons. The number of carbonyl (C=O) groups is 1. The molecule has 0 aliphatic carbocycles. The molecule has 0 bridgehead atoms. The first-order chi connectivity index (χ1) is 17.2. The third-order valence-electron chi connectivity index (χ3n) is 6.30. The molecule has 0 saturated heterocycles. The molecule has 0 saturated carbocycles. The molecule has 1 aromatic heterocycles. The van der Waals surface area contributed by atoms with Crippen molar-refractivity contribution >= 4 is 16.0 Å². The Morgan fingerprint density at radius 1 is 1.00 bits per heavy atom. The van der Waals surface area contributed by atoms with Crippen molar-refractivity contribution in [2.45, 2.75) is 58.5 Å². The third-order valence-corrected chi connectivity index (χ3v) is 8.11. The van der Waals surface area contributed by atoms with Gasteiger partial charge in [0.1, 0.15) is 5.69 Å². The van der Waals surface area contributed by atoms with Crippen molar-refractivity contribution in [2.24, 2.45) is 0 Å². The molecule has 9 heteroatoms. The maximum absolute atomic E-state index is 13.9. The molecule has 4 rings (SSSR count). The highest BCUT2D eigenvalue weighted by atomic mass is 32.2. The highest BCUT2D eigenvalue weighted by molar-refractivity contribution is 7.89. The standard InChI is InChI=1S/C27H32N2O6S/c1-5-7-20-8-11-22(12-9-20)36(31,32)29(15-21-10-13-24-25(14-21)35-17-34-24)16-23-18(3)26(28-19(23)4)27(30)33-6-2/h8-14,28H,5-7,15-17H2,1-4H3. The number of ether oxygens (including phenoxy) is 3. The number of sulfonamides is 1. The van der Waals surface area contributed by atoms with E-state index < -0.39 is 16.0 Å². The molecule has 2 heterocycles. The smallest absolute Gasteiger partial charge is 0.355 e. The fourth-order valence-corrected chi connectivity index (χ4v) is 5.74. The van der Waals surface area contributed by atoms with Crippen LogP contribution in [0.4, 0.5) is 0 Å². The minimum Gasteiger partial charge on any atom is -0.461 e. The van der Waals surface area contributed by atoms with Gasteiger partial charge in [0.05, 0.1) is 11.5 Å². The van der Waals surface area contributed by atoms with Crippen LogP contribution in [-0.2, 0) is 34.3 Å². The number of benzene rings is 2. The summed E-state index contributed by atoms with van der Waals surface area (Å²) < 4.78 is 45.2. The molecule has 2 aromatic carbocycles. The number of rotatable bonds is 10. The second-order valence-electron chi connectivity index (χ2n) is 8.80. The van der Waals surface area contributed by atoms with Crippen LogP contribution in [0.2, 0.25) is 0 Å². The van der Waals surface area contributed by atoms with E-state index in [0.717, 1.165) is 35.2 Å². The van der Waals surface area contributed by atoms with Crippen LogP contribution in [0.3, 0.4) is 0 Å². The zero-order valence-electron chi connectivity index (χ0n) is 21.1. The highest BCUT2D eigenvalue weighted by Gasteiger charge is 2.29. The van der Waals surface area contributed by atoms with Gasteiger partial charge in [-0.25, -0.2) is 13.2 Å². The van der Waals surface area contributed by atoms with Crippen LogP contribution >= 0.6 is 0 Å². The highest BCUT2D eigenvalue weighted by Crippen LogP contribution is 2.34. The number of aromatic amines is 1. The van der Waals surface area contributed by atoms with E-state index in [1.165, 1.54) is 4.31 Å². The Hall–Kier alpha value is -3.30. The largest absolute Gasteiger partial charge is 0.461 e. The number of nitrogens with zero attached hydrogens (tertiary/aromatic N) is 1. The van der Waals surface area contributed by atoms with Crippen molar-refractivity contribution in [2.75, 3.05) is 13.4 Å². The van der Waals surface area contributed by atoms with Crippen LogP contribution < -0.4 is 9.47 Å². The molecular weight excluding hydrogens is 480 g/mol. The van der Waals surface area contributed by atoms with E-state index in [4.69, 9.17) is 14.2 Å². The molecule has 3 aromatic rings. The molecule has 192 valence electrons. The summed E-state index contributed by atoms with van der Waals surface area (Å²) in [5.41, 5.74) is 4.34. The minimum absolute atomic E-state index is 0.0844. The van der Waals surface area contributed by atoms with Crippen molar-refractivity contribution in [1.29, 1.82) is 0 Å². The topological polar surface area (TPSA) is 97.9 Å². The van der Waals surface area contributed by atoms with Gasteiger partial charge in [0.2, 0.25) is 16.8 Å². The van der Waals surface area contributed by atoms with Gasteiger partial charge in [0.15, 0.2) is 11.5 Å². The summed E-state index contributed by atoms with van der Waals surface area (Å²) >= 11 is 0. The Bertz CT molecular complexity index is 1350. The Morgan fingerprint density at radius 3 is 2.39 bits per heavy atom. The maximum Gasteiger partial charge on any atom is 0.355 e. The fourth-order valence-electron chi connectivity index (χ4n) is 4.34. The van der Waals surface area contributed by atoms with Crippen molar-refractivity contribution in [1.82, 2.24) is 9.29 Å². The molecule has 1 aliphatic heterocycles. The van der Waals surface area contributed by atoms with E-state index in [-0.39, 0.29) is 31.4 Å². The average molecular weight is 513 g/mol. The number of carbonyl (C=O) groups excluding carboxylic acids is 1. The molecular formula is C27H32N2O6S. The monoisotopic (exact) mass is 512 g/mol. The molecule has 0 unspecified atom stereocenters. The van der Waals surface area contributed by atoms with Crippen molar-refractivity contribution in [3.8, 4) is 11.5 Å². The quantitative estimate of drug-likeness (QED) is 0.389. The minimum atomic E-state index is -3.87. The zero-order valence-corrected chi connectivity index (χ0v) is 21.9. The first kappa shape index (κ1) is 25.8. The second kappa shape index (κ2) is 10.8. The Balaban J connectivity index is 1.71. The van der Waals surface area contributed by atoms with Crippen LogP contribution in [0.1, 0.15) is 58.7 Å². The number of fused-ring (bicyclic) bond motifs is 1. The summed E-state index contributed by atoms with van der Waals surface area (Å²) in [7, 11) is -3.87. The van der Waals surface area contributed by atoms with Gasteiger partial charge in [-0.05, 0) is 73.7 Å². The third kappa shape index (κ3) is 5.27. The van der Waals surface area contributed by atoms with Gasteiger partial charge in [-0.3, -0.25) is 0 Å². The van der Waals surface area contributed by atoms with Crippen LogP contribution in [0.15, 0.2) is 47.4 Å². The van der Waals surface area contributed by atoms with E-state index in [0.29, 0.717) is 22.8 Å². The summed E-state index contributed by atoms with van der Waals surface area (Å²) in [5.74, 6) is 0.768. The van der Waals surface area contributed by atoms with Gasteiger partial charge in [0.25, 0.3) is 0 Å². The van der Waals surface area contributed by atoms with Crippen molar-refractivity contribution < 1.29 is 27.4 Å². The lowest BCUT2D eigenvalue weighted by molar-refractivity contribution is 0.0519. The summed E-state index contributed by atoms with van der Waals surface area (Å²) in [6.45, 7) is 8.06. The summed E-state index contributed by atoms with van der Waals surface area (Å²) in [6.07, 6.45) is 1.87. The predicted octanol–water partition coefficient (Wildman–Crippen LogP) is 4.88. The van der Waals surface area contributed by atoms with Crippen LogP contribution in [0.25, 0.3) is 0 Å². The molecule has 0 fully saturated rings. The van der Waals surface area contributed by atoms with Gasteiger partial charge in [-0.1, -0.05) is 31.5 Å². The van der Waals surface area contributed by atoms with Crippen molar-refractivity contribution in [3.63, 3.8) is 0 Å². The number of aromatic nitrogens is 1. The summed E-state index contributed by atoms with van der Waals surface area (Å²) in [4.78, 5) is 15.7. The maximum atomic E-state index is 13.9. The van der Waals surface area contributed by atoms with Gasteiger partial charge in [0, 0.05) is 18.8 Å². The lowest BCUT2D eigenvalue weighted by Crippen LogP contribution is -2.30. The van der Waals surface area contributed by atoms with E-state index in [2.05, 4.69) is 11.9 Å². The van der Waals surface area contributed by atoms with Crippen LogP contribution in [0, 0.1) is 13.8 Å². The summed E-state index contributed by atoms with van der Waals surface area (Å²) in [6, 6.07) is 12.5. The van der Waals surface area contributed by atoms with Gasteiger partial charge in [-0.2, -0.15) is 4.31 Å². The average Bonchev–Trinajstić information content (AvgIpc) is 3.43. The van der Waals surface area contributed by atoms with E-state index >= 15 is 0 Å². The first-order valence-electron chi connectivity index (χ1n) is 12.1. The Labute approximate surface area is 212 Å². The predicted molar refractivity (Wildman–Crippen MR) is 136 cm³/mol. The molecule has 36 heavy (non-hydrogen) atoms. The van der Waals surface area contributed by atoms with E-state index in [1.807, 2.05) is 25.1 Å². The number of hydrogen-bond donors (Lipinski definition) is 1. The van der Waals surface area contributed by atoms with Crippen LogP contribution in [-0.4, -0.2) is 37.1 Å². The van der Waals surface area contributed by atoms with Gasteiger partial charge < -0.3 is 19.2 Å². The number of hydrogen-bond acceptors (Lipinski definition) is 6. The lowest BCUT2D eigenvalue weighted by Gasteiger charge is -2.23. The SMILES string of the molecule is CCCc1ccc(S(=O)(=O)N(Cc2ccc3c(c2)OCO3)Cc2c(C)[nH]c(C(=O)OCC)c2C)cc1. The number of H-pyrrole nitrogens is 1.